The van der Waals surface area contributed by atoms with Gasteiger partial charge in [0.05, 0.1) is 0 Å². The van der Waals surface area contributed by atoms with Gasteiger partial charge < -0.3 is 11.1 Å². The molecule has 1 rings (SSSR count). The van der Waals surface area contributed by atoms with Gasteiger partial charge in [0.1, 0.15) is 0 Å². The van der Waals surface area contributed by atoms with Gasteiger partial charge in [-0.25, -0.2) is 0 Å². The Balaban J connectivity index is 1.99. The first kappa shape index (κ1) is 12.0. The maximum Gasteiger partial charge on any atom is 0.0167 e. The minimum Gasteiger partial charge on any atom is -0.327 e. The molecule has 0 bridgehead atoms. The zero-order valence-corrected chi connectivity index (χ0v) is 10.1. The van der Waals surface area contributed by atoms with Gasteiger partial charge in [-0.15, -0.1) is 0 Å². The molecule has 1 saturated carbocycles. The maximum absolute atomic E-state index is 5.99. The molecule has 2 nitrogen and oxygen atoms in total. The predicted octanol–water partition coefficient (Wildman–Crippen LogP) is 2.00. The molecule has 2 heteroatoms. The zero-order chi connectivity index (χ0) is 10.8. The molecule has 84 valence electrons. The van der Waals surface area contributed by atoms with E-state index in [0.717, 1.165) is 25.4 Å². The molecule has 1 aliphatic carbocycles. The van der Waals surface area contributed by atoms with Gasteiger partial charge in [-0.05, 0) is 36.6 Å². The Kier molecular flexibility index (Phi) is 3.96. The molecular weight excluding hydrogens is 172 g/mol. The van der Waals surface area contributed by atoms with Crippen molar-refractivity contribution in [2.45, 2.75) is 46.6 Å². The van der Waals surface area contributed by atoms with Gasteiger partial charge in [0.25, 0.3) is 0 Å². The van der Waals surface area contributed by atoms with Crippen LogP contribution in [0.25, 0.3) is 0 Å². The summed E-state index contributed by atoms with van der Waals surface area (Å²) >= 11 is 0. The van der Waals surface area contributed by atoms with E-state index in [1.165, 1.54) is 6.42 Å². The van der Waals surface area contributed by atoms with E-state index in [2.05, 4.69) is 33.0 Å². The first-order valence-corrected chi connectivity index (χ1v) is 5.88. The van der Waals surface area contributed by atoms with Crippen LogP contribution in [0.3, 0.4) is 0 Å². The largest absolute Gasteiger partial charge is 0.327 e. The molecule has 1 fully saturated rings. The Morgan fingerprint density at radius 3 is 2.43 bits per heavy atom. The summed E-state index contributed by atoms with van der Waals surface area (Å²) in [5.41, 5.74) is 6.58. The van der Waals surface area contributed by atoms with E-state index >= 15 is 0 Å². The summed E-state index contributed by atoms with van der Waals surface area (Å²) in [5.74, 6) is 1.60. The van der Waals surface area contributed by atoms with Crippen LogP contribution >= 0.6 is 0 Å². The second-order valence-electron chi connectivity index (χ2n) is 5.94. The monoisotopic (exact) mass is 198 g/mol. The van der Waals surface area contributed by atoms with Crippen LogP contribution in [0.2, 0.25) is 0 Å². The molecular formula is C12H26N2. The van der Waals surface area contributed by atoms with Crippen molar-refractivity contribution in [1.29, 1.82) is 0 Å². The molecule has 0 radical (unpaired) electrons. The van der Waals surface area contributed by atoms with Crippen LogP contribution < -0.4 is 11.1 Å². The topological polar surface area (TPSA) is 38.0 Å². The second kappa shape index (κ2) is 4.63. The van der Waals surface area contributed by atoms with E-state index in [9.17, 15) is 0 Å². The molecule has 1 aliphatic rings. The van der Waals surface area contributed by atoms with Gasteiger partial charge in [0.15, 0.2) is 0 Å². The highest BCUT2D eigenvalue weighted by Gasteiger charge is 2.44. The Bertz CT molecular complexity index is 175. The van der Waals surface area contributed by atoms with Gasteiger partial charge in [-0.2, -0.15) is 0 Å². The van der Waals surface area contributed by atoms with Crippen molar-refractivity contribution in [2.24, 2.45) is 23.0 Å². The first-order chi connectivity index (χ1) is 6.42. The zero-order valence-electron chi connectivity index (χ0n) is 10.1. The molecule has 0 aromatic carbocycles. The highest BCUT2D eigenvalue weighted by Crippen LogP contribution is 2.50. The normalized spacial score (nSPS) is 26.6. The Morgan fingerprint density at radius 2 is 2.00 bits per heavy atom. The third-order valence-electron chi connectivity index (χ3n) is 3.29. The lowest BCUT2D eigenvalue weighted by atomic mass is 10.0. The van der Waals surface area contributed by atoms with Crippen molar-refractivity contribution in [3.63, 3.8) is 0 Å². The average Bonchev–Trinajstić information content (AvgIpc) is 2.57. The lowest BCUT2D eigenvalue weighted by Crippen LogP contribution is -2.36. The number of hydrogen-bond donors (Lipinski definition) is 2. The fourth-order valence-corrected chi connectivity index (χ4v) is 2.06. The van der Waals surface area contributed by atoms with Crippen LogP contribution in [0.15, 0.2) is 0 Å². The van der Waals surface area contributed by atoms with Gasteiger partial charge in [-0.3, -0.25) is 0 Å². The summed E-state index contributed by atoms with van der Waals surface area (Å²) in [6.45, 7) is 11.3. The average molecular weight is 198 g/mol. The van der Waals surface area contributed by atoms with Crippen LogP contribution in [-0.2, 0) is 0 Å². The summed E-state index contributed by atoms with van der Waals surface area (Å²) in [4.78, 5) is 0. The van der Waals surface area contributed by atoms with E-state index in [4.69, 9.17) is 5.73 Å². The molecule has 0 amide bonds. The summed E-state index contributed by atoms with van der Waals surface area (Å²) in [7, 11) is 0. The summed E-state index contributed by atoms with van der Waals surface area (Å²) in [6, 6.07) is 0.330. The van der Waals surface area contributed by atoms with Crippen molar-refractivity contribution in [3.05, 3.63) is 0 Å². The summed E-state index contributed by atoms with van der Waals surface area (Å²) in [6.07, 6.45) is 2.50. The Labute approximate surface area is 88.6 Å². The van der Waals surface area contributed by atoms with Crippen molar-refractivity contribution < 1.29 is 0 Å². The standard InChI is InChI=1S/C12H26N2/c1-9(2)5-11(13)8-14-7-10-6-12(10,3)4/h9-11,14H,5-8,13H2,1-4H3. The number of rotatable bonds is 6. The highest BCUT2D eigenvalue weighted by atomic mass is 14.9. The van der Waals surface area contributed by atoms with Crippen LogP contribution in [0.1, 0.15) is 40.5 Å². The van der Waals surface area contributed by atoms with Crippen LogP contribution in [0.4, 0.5) is 0 Å². The van der Waals surface area contributed by atoms with Crippen LogP contribution in [-0.4, -0.2) is 19.1 Å². The van der Waals surface area contributed by atoms with E-state index in [0.29, 0.717) is 17.4 Å². The predicted molar refractivity (Wildman–Crippen MR) is 62.2 cm³/mol. The van der Waals surface area contributed by atoms with Crippen molar-refractivity contribution in [1.82, 2.24) is 5.32 Å². The molecule has 3 N–H and O–H groups in total. The van der Waals surface area contributed by atoms with E-state index in [1.807, 2.05) is 0 Å². The Hall–Kier alpha value is -0.0800. The molecule has 14 heavy (non-hydrogen) atoms. The summed E-state index contributed by atoms with van der Waals surface area (Å²) in [5, 5.41) is 3.48. The van der Waals surface area contributed by atoms with Gasteiger partial charge in [0.2, 0.25) is 0 Å². The third-order valence-corrected chi connectivity index (χ3v) is 3.29. The molecule has 0 saturated heterocycles. The van der Waals surface area contributed by atoms with E-state index < -0.39 is 0 Å². The third kappa shape index (κ3) is 3.97. The number of nitrogens with two attached hydrogens (primary N) is 1. The molecule has 0 aromatic heterocycles. The second-order valence-corrected chi connectivity index (χ2v) is 5.94. The molecule has 2 atom stereocenters. The van der Waals surface area contributed by atoms with Crippen molar-refractivity contribution >= 4 is 0 Å². The van der Waals surface area contributed by atoms with Gasteiger partial charge in [-0.1, -0.05) is 27.7 Å². The quantitative estimate of drug-likeness (QED) is 0.685. The van der Waals surface area contributed by atoms with E-state index in [1.54, 1.807) is 0 Å². The smallest absolute Gasteiger partial charge is 0.0167 e. The fourth-order valence-electron chi connectivity index (χ4n) is 2.06. The molecule has 0 aromatic rings. The summed E-state index contributed by atoms with van der Waals surface area (Å²) < 4.78 is 0. The van der Waals surface area contributed by atoms with Crippen LogP contribution in [0, 0.1) is 17.3 Å². The lowest BCUT2D eigenvalue weighted by Gasteiger charge is -2.15. The maximum atomic E-state index is 5.99. The molecule has 0 spiro atoms. The van der Waals surface area contributed by atoms with Crippen molar-refractivity contribution in [3.8, 4) is 0 Å². The first-order valence-electron chi connectivity index (χ1n) is 5.88. The molecule has 0 aliphatic heterocycles. The van der Waals surface area contributed by atoms with Gasteiger partial charge >= 0.3 is 0 Å². The minimum atomic E-state index is 0.330. The lowest BCUT2D eigenvalue weighted by molar-refractivity contribution is 0.449. The SMILES string of the molecule is CC(C)CC(N)CNCC1CC1(C)C. The minimum absolute atomic E-state index is 0.330. The molecule has 0 heterocycles. The number of hydrogen-bond acceptors (Lipinski definition) is 2. The number of nitrogens with one attached hydrogen (secondary N) is 1. The Morgan fingerprint density at radius 1 is 1.43 bits per heavy atom. The van der Waals surface area contributed by atoms with Crippen LogP contribution in [0.5, 0.6) is 0 Å². The highest BCUT2D eigenvalue weighted by molar-refractivity contribution is 4.96. The van der Waals surface area contributed by atoms with Gasteiger partial charge in [0, 0.05) is 12.6 Å². The van der Waals surface area contributed by atoms with E-state index in [-0.39, 0.29) is 0 Å². The molecule has 2 unspecified atom stereocenters. The van der Waals surface area contributed by atoms with Crippen molar-refractivity contribution in [2.75, 3.05) is 13.1 Å². The fraction of sp³-hybridized carbons (Fsp3) is 1.00.